The fourth-order valence-electron chi connectivity index (χ4n) is 2.50. The number of carbonyl (C=O) groups excluding carboxylic acids is 1. The lowest BCUT2D eigenvalue weighted by molar-refractivity contribution is -0.132. The number of aromatic nitrogens is 2. The standard InChI is InChI=1S/C20H16ClN3O3/c1-13-16(18(21)24(23-13)15-10-6-3-7-11-15)12-17(20(26)27)22-19(25)14-8-4-2-5-9-14/h2-12H,1H3,(H,22,25)(H,26,27). The third kappa shape index (κ3) is 4.07. The zero-order valence-electron chi connectivity index (χ0n) is 14.4. The molecule has 6 nitrogen and oxygen atoms in total. The van der Waals surface area contributed by atoms with Crippen molar-refractivity contribution in [2.45, 2.75) is 6.92 Å². The molecule has 0 bridgehead atoms. The summed E-state index contributed by atoms with van der Waals surface area (Å²) < 4.78 is 1.52. The lowest BCUT2D eigenvalue weighted by atomic mass is 10.2. The molecule has 3 aromatic rings. The fraction of sp³-hybridized carbons (Fsp3) is 0.0500. The molecule has 0 radical (unpaired) electrons. The van der Waals surface area contributed by atoms with Gasteiger partial charge >= 0.3 is 5.97 Å². The van der Waals surface area contributed by atoms with Crippen LogP contribution in [0.15, 0.2) is 66.4 Å². The summed E-state index contributed by atoms with van der Waals surface area (Å²) in [7, 11) is 0. The largest absolute Gasteiger partial charge is 0.477 e. The van der Waals surface area contributed by atoms with Crippen molar-refractivity contribution in [1.82, 2.24) is 15.1 Å². The first kappa shape index (κ1) is 18.4. The monoisotopic (exact) mass is 381 g/mol. The summed E-state index contributed by atoms with van der Waals surface area (Å²) in [5.74, 6) is -1.80. The molecule has 0 aliphatic carbocycles. The summed E-state index contributed by atoms with van der Waals surface area (Å²) in [5, 5.41) is 16.5. The number of hydrogen-bond donors (Lipinski definition) is 2. The van der Waals surface area contributed by atoms with Gasteiger partial charge in [-0.3, -0.25) is 4.79 Å². The summed E-state index contributed by atoms with van der Waals surface area (Å²) in [5.41, 5.74) is 1.77. The second-order valence-electron chi connectivity index (χ2n) is 5.72. The smallest absolute Gasteiger partial charge is 0.352 e. The molecular formula is C20H16ClN3O3. The van der Waals surface area contributed by atoms with Crippen LogP contribution in [0.3, 0.4) is 0 Å². The van der Waals surface area contributed by atoms with Gasteiger partial charge in [-0.05, 0) is 37.3 Å². The van der Waals surface area contributed by atoms with E-state index >= 15 is 0 Å². The second-order valence-corrected chi connectivity index (χ2v) is 6.08. The van der Waals surface area contributed by atoms with Crippen molar-refractivity contribution in [3.8, 4) is 5.69 Å². The van der Waals surface area contributed by atoms with E-state index in [4.69, 9.17) is 11.6 Å². The predicted octanol–water partition coefficient (Wildman–Crippen LogP) is 3.69. The van der Waals surface area contributed by atoms with Gasteiger partial charge in [-0.2, -0.15) is 5.10 Å². The third-order valence-electron chi connectivity index (χ3n) is 3.85. The van der Waals surface area contributed by atoms with Crippen LogP contribution in [-0.2, 0) is 4.79 Å². The number of nitrogens with zero attached hydrogens (tertiary/aromatic N) is 2. The SMILES string of the molecule is Cc1nn(-c2ccccc2)c(Cl)c1C=C(NC(=O)c1ccccc1)C(=O)O. The van der Waals surface area contributed by atoms with E-state index in [9.17, 15) is 14.7 Å². The highest BCUT2D eigenvalue weighted by atomic mass is 35.5. The molecule has 1 heterocycles. The number of benzene rings is 2. The normalized spacial score (nSPS) is 11.3. The van der Waals surface area contributed by atoms with E-state index in [2.05, 4.69) is 10.4 Å². The van der Waals surface area contributed by atoms with Crippen LogP contribution in [-0.4, -0.2) is 26.8 Å². The average Bonchev–Trinajstić information content (AvgIpc) is 2.96. The van der Waals surface area contributed by atoms with Crippen LogP contribution in [0.2, 0.25) is 5.15 Å². The van der Waals surface area contributed by atoms with Crippen molar-refractivity contribution in [2.75, 3.05) is 0 Å². The number of rotatable bonds is 5. The van der Waals surface area contributed by atoms with E-state index in [1.54, 1.807) is 37.3 Å². The van der Waals surface area contributed by atoms with Crippen LogP contribution in [0.25, 0.3) is 11.8 Å². The van der Waals surface area contributed by atoms with E-state index in [0.29, 0.717) is 16.8 Å². The first-order chi connectivity index (χ1) is 13.0. The second kappa shape index (κ2) is 7.88. The number of aliphatic carboxylic acids is 1. The summed E-state index contributed by atoms with van der Waals surface area (Å²) in [4.78, 5) is 23.9. The van der Waals surface area contributed by atoms with Gasteiger partial charge in [0.25, 0.3) is 5.91 Å². The quantitative estimate of drug-likeness (QED) is 0.660. The highest BCUT2D eigenvalue weighted by Crippen LogP contribution is 2.25. The van der Waals surface area contributed by atoms with Crippen molar-refractivity contribution in [3.05, 3.63) is 88.3 Å². The van der Waals surface area contributed by atoms with E-state index < -0.39 is 11.9 Å². The Labute approximate surface area is 160 Å². The summed E-state index contributed by atoms with van der Waals surface area (Å²) in [6.45, 7) is 1.72. The first-order valence-corrected chi connectivity index (χ1v) is 8.47. The molecule has 1 aromatic heterocycles. The van der Waals surface area contributed by atoms with Gasteiger partial charge in [-0.1, -0.05) is 48.0 Å². The molecule has 0 spiro atoms. The number of carboxylic acid groups (broad SMARTS) is 1. The zero-order valence-corrected chi connectivity index (χ0v) is 15.1. The Kier molecular flexibility index (Phi) is 5.38. The van der Waals surface area contributed by atoms with E-state index in [0.717, 1.165) is 5.69 Å². The molecule has 7 heteroatoms. The minimum Gasteiger partial charge on any atom is -0.477 e. The number of hydrogen-bond acceptors (Lipinski definition) is 3. The predicted molar refractivity (Wildman–Crippen MR) is 103 cm³/mol. The highest BCUT2D eigenvalue weighted by molar-refractivity contribution is 6.31. The molecule has 2 N–H and O–H groups in total. The zero-order chi connectivity index (χ0) is 19.4. The number of aryl methyl sites for hydroxylation is 1. The van der Waals surface area contributed by atoms with Gasteiger partial charge in [0.15, 0.2) is 0 Å². The number of nitrogens with one attached hydrogen (secondary N) is 1. The van der Waals surface area contributed by atoms with Crippen molar-refractivity contribution in [3.63, 3.8) is 0 Å². The number of carboxylic acids is 1. The van der Waals surface area contributed by atoms with Crippen LogP contribution in [0.1, 0.15) is 21.6 Å². The molecule has 0 saturated carbocycles. The van der Waals surface area contributed by atoms with Gasteiger partial charge in [0, 0.05) is 11.1 Å². The molecular weight excluding hydrogens is 366 g/mol. The van der Waals surface area contributed by atoms with Crippen molar-refractivity contribution < 1.29 is 14.7 Å². The summed E-state index contributed by atoms with van der Waals surface area (Å²) >= 11 is 6.42. The van der Waals surface area contributed by atoms with Crippen LogP contribution in [0.5, 0.6) is 0 Å². The Bertz CT molecular complexity index is 1010. The topological polar surface area (TPSA) is 84.2 Å². The van der Waals surface area contributed by atoms with E-state index in [1.165, 1.54) is 10.8 Å². The van der Waals surface area contributed by atoms with Gasteiger partial charge in [0.1, 0.15) is 10.9 Å². The van der Waals surface area contributed by atoms with Crippen LogP contribution >= 0.6 is 11.6 Å². The molecule has 0 aliphatic rings. The summed E-state index contributed by atoms with van der Waals surface area (Å²) in [6.07, 6.45) is 1.31. The number of halogens is 1. The molecule has 0 aliphatic heterocycles. The van der Waals surface area contributed by atoms with Crippen molar-refractivity contribution in [2.24, 2.45) is 0 Å². The molecule has 3 rings (SSSR count). The average molecular weight is 382 g/mol. The molecule has 136 valence electrons. The van der Waals surface area contributed by atoms with Gasteiger partial charge < -0.3 is 10.4 Å². The Morgan fingerprint density at radius 3 is 2.26 bits per heavy atom. The molecule has 2 aromatic carbocycles. The minimum absolute atomic E-state index is 0.256. The van der Waals surface area contributed by atoms with Gasteiger partial charge in [-0.25, -0.2) is 9.48 Å². The Balaban J connectivity index is 1.96. The minimum atomic E-state index is -1.28. The Hall–Kier alpha value is -3.38. The molecule has 0 saturated heterocycles. The van der Waals surface area contributed by atoms with Crippen molar-refractivity contribution >= 4 is 29.6 Å². The lowest BCUT2D eigenvalue weighted by Gasteiger charge is -2.06. The maximum absolute atomic E-state index is 12.3. The number of amides is 1. The molecule has 0 atom stereocenters. The number of carbonyl (C=O) groups is 2. The maximum atomic E-state index is 12.3. The van der Waals surface area contributed by atoms with E-state index in [1.807, 2.05) is 30.3 Å². The van der Waals surface area contributed by atoms with E-state index in [-0.39, 0.29) is 10.9 Å². The van der Waals surface area contributed by atoms with Gasteiger partial charge in [-0.15, -0.1) is 0 Å². The van der Waals surface area contributed by atoms with Crippen molar-refractivity contribution in [1.29, 1.82) is 0 Å². The molecule has 0 fully saturated rings. The van der Waals surface area contributed by atoms with Crippen LogP contribution < -0.4 is 5.32 Å². The lowest BCUT2D eigenvalue weighted by Crippen LogP contribution is -2.27. The van der Waals surface area contributed by atoms with Gasteiger partial charge in [0.2, 0.25) is 0 Å². The summed E-state index contributed by atoms with van der Waals surface area (Å²) in [6, 6.07) is 17.6. The van der Waals surface area contributed by atoms with Gasteiger partial charge in [0.05, 0.1) is 11.4 Å². The molecule has 27 heavy (non-hydrogen) atoms. The first-order valence-electron chi connectivity index (χ1n) is 8.09. The Morgan fingerprint density at radius 1 is 1.07 bits per heavy atom. The van der Waals surface area contributed by atoms with Crippen LogP contribution in [0, 0.1) is 6.92 Å². The third-order valence-corrected chi connectivity index (χ3v) is 4.22. The molecule has 1 amide bonds. The maximum Gasteiger partial charge on any atom is 0.352 e. The highest BCUT2D eigenvalue weighted by Gasteiger charge is 2.18. The van der Waals surface area contributed by atoms with Crippen LogP contribution in [0.4, 0.5) is 0 Å². The fourth-order valence-corrected chi connectivity index (χ4v) is 2.82. The number of para-hydroxylation sites is 1. The molecule has 0 unspecified atom stereocenters. The Morgan fingerprint density at radius 2 is 1.67 bits per heavy atom.